The first kappa shape index (κ1) is 12.6. The summed E-state index contributed by atoms with van der Waals surface area (Å²) in [6.45, 7) is 4.49. The number of hydrogen-bond donors (Lipinski definition) is 1. The Balaban J connectivity index is 1.66. The van der Waals surface area contributed by atoms with Crippen LogP contribution in [0.3, 0.4) is 0 Å². The van der Waals surface area contributed by atoms with Crippen molar-refractivity contribution in [3.8, 4) is 0 Å². The van der Waals surface area contributed by atoms with Crippen molar-refractivity contribution in [2.75, 3.05) is 19.6 Å². The van der Waals surface area contributed by atoms with E-state index in [1.54, 1.807) is 0 Å². The summed E-state index contributed by atoms with van der Waals surface area (Å²) >= 11 is 3.49. The number of nitrogens with zero attached hydrogens (tertiary/aromatic N) is 2. The van der Waals surface area contributed by atoms with Crippen LogP contribution < -0.4 is 5.32 Å². The zero-order chi connectivity index (χ0) is 12.4. The van der Waals surface area contributed by atoms with Gasteiger partial charge in [-0.05, 0) is 40.4 Å². The van der Waals surface area contributed by atoms with E-state index < -0.39 is 0 Å². The van der Waals surface area contributed by atoms with Gasteiger partial charge in [0.05, 0.1) is 0 Å². The number of halogens is 1. The quantitative estimate of drug-likeness (QED) is 0.910. The van der Waals surface area contributed by atoms with Gasteiger partial charge in [-0.15, -0.1) is 0 Å². The molecule has 2 heterocycles. The second kappa shape index (κ2) is 5.27. The van der Waals surface area contributed by atoms with E-state index in [2.05, 4.69) is 37.2 Å². The molecule has 1 aliphatic carbocycles. The lowest BCUT2D eigenvalue weighted by Gasteiger charge is -2.41. The number of aromatic nitrogens is 1. The molecule has 1 saturated heterocycles. The van der Waals surface area contributed by atoms with Crippen LogP contribution in [-0.4, -0.2) is 35.1 Å². The van der Waals surface area contributed by atoms with Gasteiger partial charge in [-0.1, -0.05) is 12.8 Å². The van der Waals surface area contributed by atoms with Crippen molar-refractivity contribution < 1.29 is 0 Å². The molecule has 0 radical (unpaired) electrons. The predicted molar refractivity (Wildman–Crippen MR) is 76.4 cm³/mol. The van der Waals surface area contributed by atoms with Gasteiger partial charge in [0.15, 0.2) is 0 Å². The molecule has 0 bridgehead atoms. The van der Waals surface area contributed by atoms with Gasteiger partial charge in [0.1, 0.15) is 0 Å². The lowest BCUT2D eigenvalue weighted by molar-refractivity contribution is 0.128. The van der Waals surface area contributed by atoms with Crippen LogP contribution in [0, 0.1) is 0 Å². The summed E-state index contributed by atoms with van der Waals surface area (Å²) in [6, 6.07) is 2.18. The fraction of sp³-hybridized carbons (Fsp3) is 0.643. The van der Waals surface area contributed by atoms with Crippen LogP contribution in [0.1, 0.15) is 31.2 Å². The van der Waals surface area contributed by atoms with E-state index in [9.17, 15) is 0 Å². The number of piperazine rings is 1. The first-order valence-electron chi connectivity index (χ1n) is 6.83. The molecule has 1 aliphatic heterocycles. The molecule has 18 heavy (non-hydrogen) atoms. The van der Waals surface area contributed by atoms with Gasteiger partial charge in [-0.25, -0.2) is 0 Å². The largest absolute Gasteiger partial charge is 0.309 e. The standard InChI is InChI=1S/C14H20BrN3/c15-13-7-12(8-16-9-13)10-18-6-5-17-14(11-18)3-1-2-4-14/h7-9,17H,1-6,10-11H2. The van der Waals surface area contributed by atoms with E-state index in [0.717, 1.165) is 24.1 Å². The van der Waals surface area contributed by atoms with Crippen LogP contribution in [0.25, 0.3) is 0 Å². The third-order valence-corrected chi connectivity index (χ3v) is 4.62. The molecular formula is C14H20BrN3. The van der Waals surface area contributed by atoms with Crippen LogP contribution in [0.15, 0.2) is 22.9 Å². The van der Waals surface area contributed by atoms with Crippen LogP contribution >= 0.6 is 15.9 Å². The van der Waals surface area contributed by atoms with Gasteiger partial charge in [-0.3, -0.25) is 9.88 Å². The maximum atomic E-state index is 4.25. The second-order valence-corrected chi connectivity index (χ2v) is 6.55. The van der Waals surface area contributed by atoms with Crippen molar-refractivity contribution >= 4 is 15.9 Å². The number of hydrogen-bond acceptors (Lipinski definition) is 3. The highest BCUT2D eigenvalue weighted by Gasteiger charge is 2.37. The molecule has 4 heteroatoms. The van der Waals surface area contributed by atoms with Gasteiger partial charge < -0.3 is 5.32 Å². The zero-order valence-corrected chi connectivity index (χ0v) is 12.2. The normalized spacial score (nSPS) is 23.6. The average molecular weight is 310 g/mol. The molecule has 1 spiro atoms. The number of pyridine rings is 1. The predicted octanol–water partition coefficient (Wildman–Crippen LogP) is 2.56. The van der Waals surface area contributed by atoms with Gasteiger partial charge in [0.25, 0.3) is 0 Å². The Morgan fingerprint density at radius 3 is 2.94 bits per heavy atom. The Hall–Kier alpha value is -0.450. The molecule has 0 amide bonds. The van der Waals surface area contributed by atoms with Crippen molar-refractivity contribution in [3.63, 3.8) is 0 Å². The topological polar surface area (TPSA) is 28.2 Å². The molecule has 1 aromatic rings. The fourth-order valence-electron chi connectivity index (χ4n) is 3.36. The lowest BCUT2D eigenvalue weighted by Crippen LogP contribution is -2.58. The van der Waals surface area contributed by atoms with E-state index in [0.29, 0.717) is 5.54 Å². The summed E-state index contributed by atoms with van der Waals surface area (Å²) in [7, 11) is 0. The summed E-state index contributed by atoms with van der Waals surface area (Å²) in [6.07, 6.45) is 9.30. The van der Waals surface area contributed by atoms with E-state index >= 15 is 0 Å². The molecule has 1 saturated carbocycles. The lowest BCUT2D eigenvalue weighted by atomic mass is 9.94. The molecular weight excluding hydrogens is 290 g/mol. The van der Waals surface area contributed by atoms with Gasteiger partial charge in [-0.2, -0.15) is 0 Å². The van der Waals surface area contributed by atoms with Crippen molar-refractivity contribution in [2.45, 2.75) is 37.8 Å². The Kier molecular flexibility index (Phi) is 3.68. The Bertz CT molecular complexity index is 415. The minimum atomic E-state index is 0.414. The van der Waals surface area contributed by atoms with Gasteiger partial charge in [0, 0.05) is 48.6 Å². The van der Waals surface area contributed by atoms with Crippen LogP contribution in [-0.2, 0) is 6.54 Å². The van der Waals surface area contributed by atoms with Gasteiger partial charge >= 0.3 is 0 Å². The van der Waals surface area contributed by atoms with E-state index in [-0.39, 0.29) is 0 Å². The third-order valence-electron chi connectivity index (χ3n) is 4.18. The van der Waals surface area contributed by atoms with Crippen molar-refractivity contribution in [1.29, 1.82) is 0 Å². The van der Waals surface area contributed by atoms with Crippen molar-refractivity contribution in [2.24, 2.45) is 0 Å². The highest BCUT2D eigenvalue weighted by atomic mass is 79.9. The maximum absolute atomic E-state index is 4.25. The third kappa shape index (κ3) is 2.76. The highest BCUT2D eigenvalue weighted by molar-refractivity contribution is 9.10. The molecule has 1 N–H and O–H groups in total. The van der Waals surface area contributed by atoms with E-state index in [1.807, 2.05) is 12.4 Å². The molecule has 98 valence electrons. The Labute approximate surface area is 117 Å². The molecule has 1 aromatic heterocycles. The smallest absolute Gasteiger partial charge is 0.0410 e. The monoisotopic (exact) mass is 309 g/mol. The number of rotatable bonds is 2. The first-order valence-corrected chi connectivity index (χ1v) is 7.62. The summed E-state index contributed by atoms with van der Waals surface area (Å²) in [5.41, 5.74) is 1.72. The molecule has 0 atom stereocenters. The fourth-order valence-corrected chi connectivity index (χ4v) is 3.78. The molecule has 0 unspecified atom stereocenters. The number of nitrogens with one attached hydrogen (secondary N) is 1. The first-order chi connectivity index (χ1) is 8.76. The van der Waals surface area contributed by atoms with Crippen molar-refractivity contribution in [1.82, 2.24) is 15.2 Å². The van der Waals surface area contributed by atoms with E-state index in [1.165, 1.54) is 37.8 Å². The summed E-state index contributed by atoms with van der Waals surface area (Å²) in [5.74, 6) is 0. The summed E-state index contributed by atoms with van der Waals surface area (Å²) in [4.78, 5) is 6.82. The summed E-state index contributed by atoms with van der Waals surface area (Å²) < 4.78 is 1.07. The maximum Gasteiger partial charge on any atom is 0.0410 e. The molecule has 2 fully saturated rings. The van der Waals surface area contributed by atoms with Gasteiger partial charge in [0.2, 0.25) is 0 Å². The van der Waals surface area contributed by atoms with Crippen LogP contribution in [0.2, 0.25) is 0 Å². The average Bonchev–Trinajstić information content (AvgIpc) is 2.77. The minimum Gasteiger partial charge on any atom is -0.309 e. The molecule has 3 nitrogen and oxygen atoms in total. The SMILES string of the molecule is Brc1cncc(CN2CCNC3(CCCC3)C2)c1. The zero-order valence-electron chi connectivity index (χ0n) is 10.7. The highest BCUT2D eigenvalue weighted by Crippen LogP contribution is 2.32. The molecule has 2 aliphatic rings. The van der Waals surface area contributed by atoms with E-state index in [4.69, 9.17) is 0 Å². The minimum absolute atomic E-state index is 0.414. The summed E-state index contributed by atoms with van der Waals surface area (Å²) in [5, 5.41) is 3.76. The van der Waals surface area contributed by atoms with Crippen LogP contribution in [0.4, 0.5) is 0 Å². The Morgan fingerprint density at radius 2 is 2.17 bits per heavy atom. The molecule has 3 rings (SSSR count). The van der Waals surface area contributed by atoms with Crippen molar-refractivity contribution in [3.05, 3.63) is 28.5 Å². The Morgan fingerprint density at radius 1 is 1.33 bits per heavy atom. The molecule has 0 aromatic carbocycles. The van der Waals surface area contributed by atoms with Crippen LogP contribution in [0.5, 0.6) is 0 Å². The second-order valence-electron chi connectivity index (χ2n) is 5.64.